The molecule has 2 N–H and O–H groups in total. The normalized spacial score (nSPS) is 13.8. The van der Waals surface area contributed by atoms with E-state index in [-0.39, 0.29) is 27.6 Å². The monoisotopic (exact) mass is 586 g/mol. The number of benzene rings is 1. The first-order chi connectivity index (χ1) is 16.6. The van der Waals surface area contributed by atoms with Gasteiger partial charge in [0.15, 0.2) is 5.01 Å². The van der Waals surface area contributed by atoms with Gasteiger partial charge in [-0.1, -0.05) is 57.0 Å². The highest BCUT2D eigenvalue weighted by molar-refractivity contribution is 7.89. The number of hydrogen-bond donors (Lipinski definition) is 2. The predicted octanol–water partition coefficient (Wildman–Crippen LogP) is 5.87. The fourth-order valence-corrected chi connectivity index (χ4v) is 6.43. The van der Waals surface area contributed by atoms with Gasteiger partial charge >= 0.3 is 6.18 Å². The van der Waals surface area contributed by atoms with Crippen LogP contribution in [0.15, 0.2) is 21.4 Å². The maximum Gasteiger partial charge on any atom is 0.404 e. The van der Waals surface area contributed by atoms with E-state index in [0.29, 0.717) is 22.2 Å². The average Bonchev–Trinajstić information content (AvgIpc) is 3.38. The lowest BCUT2D eigenvalue weighted by Gasteiger charge is -2.20. The van der Waals surface area contributed by atoms with E-state index in [4.69, 9.17) is 27.6 Å². The maximum atomic E-state index is 13.1. The summed E-state index contributed by atoms with van der Waals surface area (Å²) in [5, 5.41) is 17.5. The molecule has 0 amide bonds. The second kappa shape index (κ2) is 10.5. The van der Waals surface area contributed by atoms with Crippen LogP contribution < -0.4 is 4.72 Å². The van der Waals surface area contributed by atoms with E-state index in [2.05, 4.69) is 15.2 Å². The van der Waals surface area contributed by atoms with Crippen LogP contribution in [0.5, 0.6) is 0 Å². The number of nitrogens with one attached hydrogen (secondary N) is 1. The molecule has 0 aliphatic heterocycles. The van der Waals surface area contributed by atoms with E-state index in [9.17, 15) is 26.7 Å². The molecule has 1 aromatic carbocycles. The van der Waals surface area contributed by atoms with Crippen molar-refractivity contribution >= 4 is 44.6 Å². The Morgan fingerprint density at radius 2 is 1.83 bits per heavy atom. The summed E-state index contributed by atoms with van der Waals surface area (Å²) in [6, 6.07) is 0.0376. The van der Waals surface area contributed by atoms with E-state index in [1.165, 1.54) is 13.0 Å². The molecule has 15 heteroatoms. The summed E-state index contributed by atoms with van der Waals surface area (Å²) >= 11 is 13.6. The second-order valence-electron chi connectivity index (χ2n) is 9.05. The molecular weight excluding hydrogens is 564 g/mol. The first-order valence-corrected chi connectivity index (χ1v) is 13.6. The molecule has 0 aliphatic carbocycles. The number of nitrogens with zero attached hydrogens (tertiary/aromatic N) is 3. The molecule has 0 saturated heterocycles. The number of halogens is 5. The molecule has 36 heavy (non-hydrogen) atoms. The fourth-order valence-electron chi connectivity index (χ4n) is 3.17. The van der Waals surface area contributed by atoms with Gasteiger partial charge in [0, 0.05) is 12.0 Å². The van der Waals surface area contributed by atoms with E-state index >= 15 is 0 Å². The second-order valence-corrected chi connectivity index (χ2v) is 12.5. The van der Waals surface area contributed by atoms with Gasteiger partial charge in [0.05, 0.1) is 27.2 Å². The lowest BCUT2D eigenvalue weighted by Crippen LogP contribution is -2.44. The van der Waals surface area contributed by atoms with Gasteiger partial charge in [-0.05, 0) is 17.9 Å². The van der Waals surface area contributed by atoms with E-state index < -0.39 is 45.2 Å². The largest absolute Gasteiger partial charge is 0.419 e. The molecule has 3 aromatic rings. The Hall–Kier alpha value is -1.77. The Bertz CT molecular complexity index is 1350. The lowest BCUT2D eigenvalue weighted by atomic mass is 9.92. The van der Waals surface area contributed by atoms with Crippen LogP contribution in [0.1, 0.15) is 45.7 Å². The Balaban J connectivity index is 1.99. The van der Waals surface area contributed by atoms with Crippen LogP contribution in [-0.4, -0.2) is 40.9 Å². The zero-order chi connectivity index (χ0) is 27.1. The third-order valence-electron chi connectivity index (χ3n) is 4.86. The smallest absolute Gasteiger partial charge is 0.404 e. The van der Waals surface area contributed by atoms with Crippen LogP contribution in [0, 0.1) is 5.41 Å². The quantitative estimate of drug-likeness (QED) is 0.339. The van der Waals surface area contributed by atoms with Crippen molar-refractivity contribution in [2.45, 2.75) is 64.3 Å². The van der Waals surface area contributed by atoms with Gasteiger partial charge in [0.2, 0.25) is 15.9 Å². The summed E-state index contributed by atoms with van der Waals surface area (Å²) in [5.41, 5.74) is 0.332. The van der Waals surface area contributed by atoms with Gasteiger partial charge in [-0.3, -0.25) is 0 Å². The molecule has 0 aliphatic rings. The minimum atomic E-state index is -4.78. The van der Waals surface area contributed by atoms with Crippen molar-refractivity contribution in [1.29, 1.82) is 0 Å². The standard InChI is InChI=1S/C21H23Cl2F3N4O4S2/c1-5-13(21(24,25)26)30-36(32,33)12-7-6-10(15(22)16(12)23)17-11(9-31)27-19(35-17)18-29-28-14(34-18)8-20(2,3)4/h6-7,13,30-31H,5,8-9H2,1-4H3/t13-/m0/s1. The van der Waals surface area contributed by atoms with E-state index in [0.717, 1.165) is 17.4 Å². The number of aliphatic hydroxyl groups excluding tert-OH is 1. The molecule has 2 aromatic heterocycles. The molecule has 198 valence electrons. The van der Waals surface area contributed by atoms with Gasteiger partial charge < -0.3 is 9.52 Å². The van der Waals surface area contributed by atoms with Gasteiger partial charge in [0.25, 0.3) is 5.89 Å². The molecule has 2 heterocycles. The third-order valence-corrected chi connectivity index (χ3v) is 8.49. The van der Waals surface area contributed by atoms with Gasteiger partial charge in [-0.15, -0.1) is 21.5 Å². The average molecular weight is 587 g/mol. The van der Waals surface area contributed by atoms with Gasteiger partial charge in [0.1, 0.15) is 10.9 Å². The molecule has 3 rings (SSSR count). The Labute approximate surface area is 219 Å². The summed E-state index contributed by atoms with van der Waals surface area (Å²) in [4.78, 5) is 4.06. The van der Waals surface area contributed by atoms with Crippen molar-refractivity contribution in [2.75, 3.05) is 0 Å². The number of thiazole rings is 1. The summed E-state index contributed by atoms with van der Waals surface area (Å²) in [6.45, 7) is 6.75. The zero-order valence-electron chi connectivity index (χ0n) is 19.6. The maximum absolute atomic E-state index is 13.1. The molecule has 0 spiro atoms. The van der Waals surface area contributed by atoms with E-state index in [1.807, 2.05) is 20.8 Å². The first kappa shape index (κ1) is 28.8. The van der Waals surface area contributed by atoms with Crippen LogP contribution in [0.4, 0.5) is 13.2 Å². The van der Waals surface area contributed by atoms with Crippen LogP contribution in [0.3, 0.4) is 0 Å². The molecule has 0 unspecified atom stereocenters. The van der Waals surface area contributed by atoms with Crippen molar-refractivity contribution < 1.29 is 31.1 Å². The summed E-state index contributed by atoms with van der Waals surface area (Å²) in [7, 11) is -4.65. The first-order valence-electron chi connectivity index (χ1n) is 10.6. The molecule has 0 saturated carbocycles. The molecule has 0 fully saturated rings. The van der Waals surface area contributed by atoms with Gasteiger partial charge in [-0.2, -0.15) is 17.9 Å². The number of rotatable bonds is 8. The fraction of sp³-hybridized carbons (Fsp3) is 0.476. The van der Waals surface area contributed by atoms with Crippen LogP contribution in [0.2, 0.25) is 10.0 Å². The van der Waals surface area contributed by atoms with Crippen LogP contribution in [0.25, 0.3) is 21.3 Å². The van der Waals surface area contributed by atoms with Crippen LogP contribution >= 0.6 is 34.5 Å². The number of alkyl halides is 3. The molecule has 1 atom stereocenters. The highest BCUT2D eigenvalue weighted by Gasteiger charge is 2.41. The molecule has 8 nitrogen and oxygen atoms in total. The number of aliphatic hydroxyl groups is 1. The van der Waals surface area contributed by atoms with Gasteiger partial charge in [-0.25, -0.2) is 13.4 Å². The summed E-state index contributed by atoms with van der Waals surface area (Å²) < 4.78 is 71.9. The van der Waals surface area contributed by atoms with Crippen molar-refractivity contribution in [3.8, 4) is 21.3 Å². The SMILES string of the molecule is CC[C@H](NS(=O)(=O)c1ccc(-c2sc(-c3nnc(CC(C)(C)C)o3)nc2CO)c(Cl)c1Cl)C(F)(F)F. The highest BCUT2D eigenvalue weighted by atomic mass is 35.5. The van der Waals surface area contributed by atoms with Crippen molar-refractivity contribution in [3.05, 3.63) is 33.8 Å². The number of aromatic nitrogens is 3. The molecular formula is C21H23Cl2F3N4O4S2. The van der Waals surface area contributed by atoms with Crippen molar-refractivity contribution in [3.63, 3.8) is 0 Å². The summed E-state index contributed by atoms with van der Waals surface area (Å²) in [5.74, 6) is 0.538. The zero-order valence-corrected chi connectivity index (χ0v) is 22.7. The van der Waals surface area contributed by atoms with Crippen molar-refractivity contribution in [1.82, 2.24) is 19.9 Å². The van der Waals surface area contributed by atoms with E-state index in [1.54, 1.807) is 4.72 Å². The van der Waals surface area contributed by atoms with Crippen LogP contribution in [-0.2, 0) is 23.1 Å². The third kappa shape index (κ3) is 6.37. The summed E-state index contributed by atoms with van der Waals surface area (Å²) in [6.07, 6.45) is -4.76. The Morgan fingerprint density at radius 1 is 1.17 bits per heavy atom. The molecule has 0 bridgehead atoms. The van der Waals surface area contributed by atoms with Crippen molar-refractivity contribution in [2.24, 2.45) is 5.41 Å². The Morgan fingerprint density at radius 3 is 2.39 bits per heavy atom. The Kier molecular flexibility index (Phi) is 8.43. The topological polar surface area (TPSA) is 118 Å². The highest BCUT2D eigenvalue weighted by Crippen LogP contribution is 2.43. The minimum Gasteiger partial charge on any atom is -0.419 e. The number of hydrogen-bond acceptors (Lipinski definition) is 8. The molecule has 0 radical (unpaired) electrons. The number of sulfonamides is 1. The minimum absolute atomic E-state index is 0.0907. The predicted molar refractivity (Wildman–Crippen MR) is 130 cm³/mol. The lowest BCUT2D eigenvalue weighted by molar-refractivity contribution is -0.151.